The lowest BCUT2D eigenvalue weighted by molar-refractivity contribution is 0.0940. The predicted octanol–water partition coefficient (Wildman–Crippen LogP) is 3.93. The Labute approximate surface area is 138 Å². The molecule has 3 rings (SSSR count). The molecule has 0 spiro atoms. The molecule has 4 nitrogen and oxygen atoms in total. The van der Waals surface area contributed by atoms with E-state index in [-0.39, 0.29) is 23.4 Å². The van der Waals surface area contributed by atoms with Crippen molar-refractivity contribution in [2.24, 2.45) is 0 Å². The normalized spacial score (nSPS) is 12.1. The number of hydrogen-bond acceptors (Lipinski definition) is 2. The Balaban J connectivity index is 1.98. The lowest BCUT2D eigenvalue weighted by atomic mass is 10.1. The standard InChI is InChI=1S/C19H17FN2O2/c1-12(14-6-4-3-5-7-14)21-19(24)17-11-22(13(2)23)18-9-8-15(20)10-16(17)18/h3-12H,1-2H3,(H,21,24). The molecule has 0 aliphatic carbocycles. The van der Waals surface area contributed by atoms with E-state index in [1.54, 1.807) is 0 Å². The molecule has 0 bridgehead atoms. The van der Waals surface area contributed by atoms with Gasteiger partial charge in [-0.2, -0.15) is 0 Å². The molecule has 0 aliphatic heterocycles. The van der Waals surface area contributed by atoms with E-state index in [1.807, 2.05) is 37.3 Å². The second-order valence-corrected chi connectivity index (χ2v) is 5.70. The summed E-state index contributed by atoms with van der Waals surface area (Å²) in [4.78, 5) is 24.4. The number of carbonyl (C=O) groups is 2. The van der Waals surface area contributed by atoms with E-state index in [9.17, 15) is 14.0 Å². The Bertz CT molecular complexity index is 916. The van der Waals surface area contributed by atoms with Crippen molar-refractivity contribution in [2.75, 3.05) is 0 Å². The molecular weight excluding hydrogens is 307 g/mol. The Morgan fingerprint density at radius 3 is 2.50 bits per heavy atom. The van der Waals surface area contributed by atoms with Gasteiger partial charge in [-0.15, -0.1) is 0 Å². The van der Waals surface area contributed by atoms with Gasteiger partial charge >= 0.3 is 0 Å². The SMILES string of the molecule is CC(=O)n1cc(C(=O)NC(C)c2ccccc2)c2cc(F)ccc21. The molecule has 0 saturated carbocycles. The first kappa shape index (κ1) is 15.9. The Hall–Kier alpha value is -2.95. The number of halogens is 1. The van der Waals surface area contributed by atoms with Crippen molar-refractivity contribution in [3.63, 3.8) is 0 Å². The molecule has 1 aromatic heterocycles. The number of nitrogens with zero attached hydrogens (tertiary/aromatic N) is 1. The van der Waals surface area contributed by atoms with Crippen molar-refractivity contribution >= 4 is 22.7 Å². The molecule has 2 aromatic carbocycles. The fourth-order valence-corrected chi connectivity index (χ4v) is 2.74. The highest BCUT2D eigenvalue weighted by molar-refractivity contribution is 6.09. The highest BCUT2D eigenvalue weighted by atomic mass is 19.1. The Kier molecular flexibility index (Phi) is 4.16. The van der Waals surface area contributed by atoms with Gasteiger partial charge in [0.15, 0.2) is 0 Å². The summed E-state index contributed by atoms with van der Waals surface area (Å²) >= 11 is 0. The molecule has 1 amide bonds. The summed E-state index contributed by atoms with van der Waals surface area (Å²) < 4.78 is 14.9. The first-order valence-corrected chi connectivity index (χ1v) is 7.64. The van der Waals surface area contributed by atoms with E-state index in [0.29, 0.717) is 10.9 Å². The molecule has 0 fully saturated rings. The first-order chi connectivity index (χ1) is 11.5. The molecule has 1 atom stereocenters. The summed E-state index contributed by atoms with van der Waals surface area (Å²) in [5.41, 5.74) is 1.76. The van der Waals surface area contributed by atoms with E-state index in [0.717, 1.165) is 5.56 Å². The monoisotopic (exact) mass is 324 g/mol. The third-order valence-electron chi connectivity index (χ3n) is 4.00. The van der Waals surface area contributed by atoms with Crippen LogP contribution in [0.15, 0.2) is 54.7 Å². The third kappa shape index (κ3) is 2.93. The van der Waals surface area contributed by atoms with Gasteiger partial charge in [-0.3, -0.25) is 14.2 Å². The van der Waals surface area contributed by atoms with Gasteiger partial charge in [-0.25, -0.2) is 4.39 Å². The molecule has 1 unspecified atom stereocenters. The number of amides is 1. The average Bonchev–Trinajstić information content (AvgIpc) is 2.94. The van der Waals surface area contributed by atoms with Crippen LogP contribution in [0.5, 0.6) is 0 Å². The van der Waals surface area contributed by atoms with Gasteiger partial charge in [0, 0.05) is 18.5 Å². The molecule has 1 N–H and O–H groups in total. The molecule has 1 heterocycles. The van der Waals surface area contributed by atoms with Gasteiger partial charge in [0.05, 0.1) is 17.1 Å². The van der Waals surface area contributed by atoms with E-state index in [2.05, 4.69) is 5.32 Å². The number of hydrogen-bond donors (Lipinski definition) is 1. The molecule has 3 aromatic rings. The summed E-state index contributed by atoms with van der Waals surface area (Å²) in [6.07, 6.45) is 1.46. The van der Waals surface area contributed by atoms with E-state index >= 15 is 0 Å². The van der Waals surface area contributed by atoms with E-state index in [4.69, 9.17) is 0 Å². The lowest BCUT2D eigenvalue weighted by Gasteiger charge is -2.13. The van der Waals surface area contributed by atoms with E-state index in [1.165, 1.54) is 35.9 Å². The predicted molar refractivity (Wildman–Crippen MR) is 90.5 cm³/mol. The van der Waals surface area contributed by atoms with E-state index < -0.39 is 5.82 Å². The van der Waals surface area contributed by atoms with Crippen LogP contribution in [0.1, 0.15) is 40.6 Å². The van der Waals surface area contributed by atoms with Gasteiger partial charge < -0.3 is 5.32 Å². The zero-order valence-corrected chi connectivity index (χ0v) is 13.4. The second kappa shape index (κ2) is 6.28. The molecule has 24 heavy (non-hydrogen) atoms. The zero-order chi connectivity index (χ0) is 17.3. The van der Waals surface area contributed by atoms with Crippen LogP contribution >= 0.6 is 0 Å². The number of rotatable bonds is 3. The van der Waals surface area contributed by atoms with Crippen molar-refractivity contribution in [1.29, 1.82) is 0 Å². The summed E-state index contributed by atoms with van der Waals surface area (Å²) in [5.74, 6) is -1.03. The van der Waals surface area contributed by atoms with Crippen molar-refractivity contribution < 1.29 is 14.0 Å². The second-order valence-electron chi connectivity index (χ2n) is 5.70. The van der Waals surface area contributed by atoms with Crippen LogP contribution in [0, 0.1) is 5.82 Å². The number of aromatic nitrogens is 1. The molecule has 5 heteroatoms. The fourth-order valence-electron chi connectivity index (χ4n) is 2.74. The maximum absolute atomic E-state index is 13.6. The highest BCUT2D eigenvalue weighted by Crippen LogP contribution is 2.23. The van der Waals surface area contributed by atoms with Gasteiger partial charge in [0.25, 0.3) is 5.91 Å². The summed E-state index contributed by atoms with van der Waals surface area (Å²) in [5, 5.41) is 3.31. The molecule has 0 radical (unpaired) electrons. The summed E-state index contributed by atoms with van der Waals surface area (Å²) in [6.45, 7) is 3.27. The summed E-state index contributed by atoms with van der Waals surface area (Å²) in [6, 6.07) is 13.4. The number of nitrogens with one attached hydrogen (secondary N) is 1. The van der Waals surface area contributed by atoms with Gasteiger partial charge in [0.2, 0.25) is 5.91 Å². The topological polar surface area (TPSA) is 51.1 Å². The highest BCUT2D eigenvalue weighted by Gasteiger charge is 2.19. The minimum atomic E-state index is -0.450. The average molecular weight is 324 g/mol. The summed E-state index contributed by atoms with van der Waals surface area (Å²) in [7, 11) is 0. The fraction of sp³-hybridized carbons (Fsp3) is 0.158. The minimum absolute atomic E-state index is 0.206. The molecule has 122 valence electrons. The van der Waals surface area contributed by atoms with Crippen molar-refractivity contribution in [2.45, 2.75) is 19.9 Å². The van der Waals surface area contributed by atoms with Gasteiger partial charge in [-0.05, 0) is 30.7 Å². The van der Waals surface area contributed by atoms with Gasteiger partial charge in [-0.1, -0.05) is 30.3 Å². The van der Waals surface area contributed by atoms with Crippen molar-refractivity contribution in [3.8, 4) is 0 Å². The zero-order valence-electron chi connectivity index (χ0n) is 13.4. The Morgan fingerprint density at radius 1 is 1.12 bits per heavy atom. The van der Waals surface area contributed by atoms with Gasteiger partial charge in [0.1, 0.15) is 5.82 Å². The molecular formula is C19H17FN2O2. The minimum Gasteiger partial charge on any atom is -0.345 e. The van der Waals surface area contributed by atoms with Crippen LogP contribution in [0.3, 0.4) is 0 Å². The quantitative estimate of drug-likeness (QED) is 0.793. The maximum atomic E-state index is 13.6. The van der Waals surface area contributed by atoms with Crippen LogP contribution in [-0.2, 0) is 0 Å². The smallest absolute Gasteiger partial charge is 0.253 e. The Morgan fingerprint density at radius 2 is 1.83 bits per heavy atom. The lowest BCUT2D eigenvalue weighted by Crippen LogP contribution is -2.26. The molecule has 0 saturated heterocycles. The van der Waals surface area contributed by atoms with Crippen molar-refractivity contribution in [3.05, 3.63) is 71.7 Å². The van der Waals surface area contributed by atoms with Crippen LogP contribution < -0.4 is 5.32 Å². The van der Waals surface area contributed by atoms with Crippen LogP contribution in [0.2, 0.25) is 0 Å². The van der Waals surface area contributed by atoms with Crippen molar-refractivity contribution in [1.82, 2.24) is 9.88 Å². The largest absolute Gasteiger partial charge is 0.345 e. The first-order valence-electron chi connectivity index (χ1n) is 7.64. The third-order valence-corrected chi connectivity index (χ3v) is 4.00. The molecule has 0 aliphatic rings. The van der Waals surface area contributed by atoms with Crippen LogP contribution in [0.25, 0.3) is 10.9 Å². The number of fused-ring (bicyclic) bond motifs is 1. The maximum Gasteiger partial charge on any atom is 0.253 e. The number of carbonyl (C=O) groups excluding carboxylic acids is 2. The number of benzene rings is 2. The van der Waals surface area contributed by atoms with Crippen LogP contribution in [-0.4, -0.2) is 16.4 Å². The van der Waals surface area contributed by atoms with Crippen LogP contribution in [0.4, 0.5) is 4.39 Å².